The van der Waals surface area contributed by atoms with Gasteiger partial charge in [0.15, 0.2) is 0 Å². The molecule has 0 bridgehead atoms. The predicted molar refractivity (Wildman–Crippen MR) is 66.5 cm³/mol. The lowest BCUT2D eigenvalue weighted by Crippen LogP contribution is -2.41. The fraction of sp³-hybridized carbons (Fsp3) is 0.900. The van der Waals surface area contributed by atoms with Gasteiger partial charge in [0.25, 0.3) is 0 Å². The molecule has 1 rings (SSSR count). The van der Waals surface area contributed by atoms with Gasteiger partial charge < -0.3 is 4.90 Å². The minimum atomic E-state index is 0.261. The molecule has 4 heteroatoms. The van der Waals surface area contributed by atoms with Crippen LogP contribution >= 0.6 is 22.6 Å². The van der Waals surface area contributed by atoms with E-state index in [0.29, 0.717) is 9.96 Å². The lowest BCUT2D eigenvalue weighted by Gasteiger charge is -2.34. The molecule has 1 unspecified atom stereocenters. The fourth-order valence-corrected chi connectivity index (χ4v) is 2.42. The third-order valence-corrected chi connectivity index (χ3v) is 3.61. The molecule has 0 radical (unpaired) electrons. The molecule has 0 spiro atoms. The number of nitrogens with zero attached hydrogens (tertiary/aromatic N) is 2. The first-order valence-electron chi connectivity index (χ1n) is 5.11. The van der Waals surface area contributed by atoms with Crippen molar-refractivity contribution in [3.05, 3.63) is 0 Å². The molecule has 1 saturated heterocycles. The predicted octanol–water partition coefficient (Wildman–Crippen LogP) is 1.57. The van der Waals surface area contributed by atoms with Gasteiger partial charge in [0.1, 0.15) is 0 Å². The number of piperidine rings is 1. The van der Waals surface area contributed by atoms with Gasteiger partial charge in [-0.05, 0) is 32.9 Å². The van der Waals surface area contributed by atoms with Gasteiger partial charge in [-0.1, -0.05) is 22.6 Å². The molecule has 0 aromatic carbocycles. The quantitative estimate of drug-likeness (QED) is 0.439. The van der Waals surface area contributed by atoms with E-state index in [2.05, 4.69) is 34.4 Å². The van der Waals surface area contributed by atoms with Gasteiger partial charge in [0, 0.05) is 20.0 Å². The Labute approximate surface area is 100.0 Å². The van der Waals surface area contributed by atoms with Crippen LogP contribution in [0.2, 0.25) is 0 Å². The number of likely N-dealkylation sites (tertiary alicyclic amines) is 1. The Morgan fingerprint density at radius 3 is 2.29 bits per heavy atom. The summed E-state index contributed by atoms with van der Waals surface area (Å²) in [5.41, 5.74) is 0. The van der Waals surface area contributed by atoms with E-state index in [4.69, 9.17) is 0 Å². The average Bonchev–Trinajstić information content (AvgIpc) is 2.16. The standard InChI is InChI=1S/C10H19IN2O/c1-8(11)13-6-4-9(5-7-13)10(14)12(2)3/h8-9H,4-7H2,1-3H3. The highest BCUT2D eigenvalue weighted by Gasteiger charge is 2.26. The Balaban J connectivity index is 2.39. The van der Waals surface area contributed by atoms with E-state index in [9.17, 15) is 4.79 Å². The van der Waals surface area contributed by atoms with Gasteiger partial charge >= 0.3 is 0 Å². The molecule has 1 amide bonds. The van der Waals surface area contributed by atoms with Gasteiger partial charge in [0.05, 0.1) is 4.05 Å². The van der Waals surface area contributed by atoms with E-state index in [1.54, 1.807) is 4.90 Å². The Morgan fingerprint density at radius 2 is 1.93 bits per heavy atom. The molecule has 0 saturated carbocycles. The second kappa shape index (κ2) is 5.30. The van der Waals surface area contributed by atoms with Gasteiger partial charge in [-0.25, -0.2) is 0 Å². The van der Waals surface area contributed by atoms with E-state index in [-0.39, 0.29) is 5.92 Å². The zero-order chi connectivity index (χ0) is 10.7. The molecule has 1 fully saturated rings. The van der Waals surface area contributed by atoms with Crippen molar-refractivity contribution >= 4 is 28.5 Å². The molecule has 0 aromatic rings. The molecule has 1 aliphatic rings. The van der Waals surface area contributed by atoms with Crippen molar-refractivity contribution in [1.29, 1.82) is 0 Å². The smallest absolute Gasteiger partial charge is 0.225 e. The minimum Gasteiger partial charge on any atom is -0.349 e. The largest absolute Gasteiger partial charge is 0.349 e. The fourth-order valence-electron chi connectivity index (χ4n) is 1.87. The number of carbonyl (C=O) groups is 1. The molecule has 0 aromatic heterocycles. The second-order valence-corrected chi connectivity index (χ2v) is 5.92. The van der Waals surface area contributed by atoms with Crippen molar-refractivity contribution in [3.8, 4) is 0 Å². The highest BCUT2D eigenvalue weighted by Crippen LogP contribution is 2.22. The molecular formula is C10H19IN2O. The third kappa shape index (κ3) is 3.08. The Kier molecular flexibility index (Phi) is 4.63. The number of amides is 1. The van der Waals surface area contributed by atoms with Crippen molar-refractivity contribution in [2.24, 2.45) is 5.92 Å². The molecule has 82 valence electrons. The number of hydrogen-bond acceptors (Lipinski definition) is 2. The van der Waals surface area contributed by atoms with Crippen LogP contribution in [0.3, 0.4) is 0 Å². The summed E-state index contributed by atoms with van der Waals surface area (Å²) >= 11 is 2.43. The molecule has 1 atom stereocenters. The third-order valence-electron chi connectivity index (χ3n) is 2.82. The average molecular weight is 310 g/mol. The highest BCUT2D eigenvalue weighted by atomic mass is 127. The Morgan fingerprint density at radius 1 is 1.43 bits per heavy atom. The van der Waals surface area contributed by atoms with Crippen LogP contribution in [0.4, 0.5) is 0 Å². The maximum absolute atomic E-state index is 11.7. The van der Waals surface area contributed by atoms with Crippen molar-refractivity contribution in [2.45, 2.75) is 23.8 Å². The summed E-state index contributed by atoms with van der Waals surface area (Å²) in [7, 11) is 3.69. The van der Waals surface area contributed by atoms with Crippen LogP contribution in [0.5, 0.6) is 0 Å². The first-order chi connectivity index (χ1) is 6.52. The molecule has 14 heavy (non-hydrogen) atoms. The summed E-state index contributed by atoms with van der Waals surface area (Å²) in [5.74, 6) is 0.558. The van der Waals surface area contributed by atoms with Crippen molar-refractivity contribution < 1.29 is 4.79 Å². The summed E-state index contributed by atoms with van der Waals surface area (Å²) in [4.78, 5) is 15.8. The first-order valence-corrected chi connectivity index (χ1v) is 6.36. The minimum absolute atomic E-state index is 0.261. The van der Waals surface area contributed by atoms with Gasteiger partial charge in [-0.15, -0.1) is 0 Å². The number of hydrogen-bond donors (Lipinski definition) is 0. The first kappa shape index (κ1) is 12.2. The molecule has 1 aliphatic heterocycles. The summed E-state index contributed by atoms with van der Waals surface area (Å²) in [5, 5.41) is 0. The van der Waals surface area contributed by atoms with E-state index >= 15 is 0 Å². The maximum Gasteiger partial charge on any atom is 0.225 e. The van der Waals surface area contributed by atoms with Gasteiger partial charge in [-0.2, -0.15) is 0 Å². The Hall–Kier alpha value is 0.160. The van der Waals surface area contributed by atoms with E-state index in [1.807, 2.05) is 14.1 Å². The second-order valence-electron chi connectivity index (χ2n) is 4.12. The zero-order valence-electron chi connectivity index (χ0n) is 9.16. The van der Waals surface area contributed by atoms with Crippen LogP contribution in [-0.2, 0) is 4.79 Å². The topological polar surface area (TPSA) is 23.6 Å². The number of rotatable bonds is 2. The normalized spacial score (nSPS) is 22.0. The van der Waals surface area contributed by atoms with Crippen LogP contribution in [0.15, 0.2) is 0 Å². The molecule has 0 aliphatic carbocycles. The van der Waals surface area contributed by atoms with E-state index < -0.39 is 0 Å². The van der Waals surface area contributed by atoms with Crippen LogP contribution in [0, 0.1) is 5.92 Å². The Bertz CT molecular complexity index is 198. The number of alkyl halides is 1. The summed E-state index contributed by atoms with van der Waals surface area (Å²) < 4.78 is 0.586. The maximum atomic E-state index is 11.7. The van der Waals surface area contributed by atoms with Crippen molar-refractivity contribution in [2.75, 3.05) is 27.2 Å². The van der Waals surface area contributed by atoms with Crippen LogP contribution in [0.25, 0.3) is 0 Å². The lowest BCUT2D eigenvalue weighted by molar-refractivity contribution is -0.134. The summed E-state index contributed by atoms with van der Waals surface area (Å²) in [6.07, 6.45) is 2.04. The van der Waals surface area contributed by atoms with Crippen molar-refractivity contribution in [3.63, 3.8) is 0 Å². The lowest BCUT2D eigenvalue weighted by atomic mass is 9.95. The SMILES string of the molecule is CC(I)N1CCC(C(=O)N(C)C)CC1. The van der Waals surface area contributed by atoms with Crippen LogP contribution in [0.1, 0.15) is 19.8 Å². The summed E-state index contributed by atoms with van der Waals surface area (Å²) in [6, 6.07) is 0. The summed E-state index contributed by atoms with van der Waals surface area (Å²) in [6.45, 7) is 4.33. The van der Waals surface area contributed by atoms with Crippen molar-refractivity contribution in [1.82, 2.24) is 9.80 Å². The van der Waals surface area contributed by atoms with E-state index in [1.165, 1.54) is 0 Å². The zero-order valence-corrected chi connectivity index (χ0v) is 11.3. The van der Waals surface area contributed by atoms with Crippen LogP contribution < -0.4 is 0 Å². The highest BCUT2D eigenvalue weighted by molar-refractivity contribution is 14.1. The molecule has 0 N–H and O–H groups in total. The van der Waals surface area contributed by atoms with Gasteiger partial charge in [0.2, 0.25) is 5.91 Å². The number of carbonyl (C=O) groups excluding carboxylic acids is 1. The molecule has 1 heterocycles. The monoisotopic (exact) mass is 310 g/mol. The van der Waals surface area contributed by atoms with Gasteiger partial charge in [-0.3, -0.25) is 9.69 Å². The molecule has 3 nitrogen and oxygen atoms in total. The van der Waals surface area contributed by atoms with E-state index in [0.717, 1.165) is 25.9 Å². The van der Waals surface area contributed by atoms with Crippen LogP contribution in [-0.4, -0.2) is 46.9 Å². The molecular weight excluding hydrogens is 291 g/mol. The number of halogens is 1.